The number of thiophene rings is 1. The molecule has 1 aliphatic heterocycles. The predicted octanol–water partition coefficient (Wildman–Crippen LogP) is 4.07. The Bertz CT molecular complexity index is 1240. The zero-order valence-corrected chi connectivity index (χ0v) is 20.1. The summed E-state index contributed by atoms with van der Waals surface area (Å²) in [5.74, 6) is 0.244. The molecule has 0 spiro atoms. The number of rotatable bonds is 5. The first kappa shape index (κ1) is 22.6. The van der Waals surface area contributed by atoms with Crippen molar-refractivity contribution >= 4 is 33.0 Å². The van der Waals surface area contributed by atoms with Crippen molar-refractivity contribution in [2.45, 2.75) is 45.4 Å². The average molecular weight is 475 g/mol. The summed E-state index contributed by atoms with van der Waals surface area (Å²) in [6.45, 7) is 7.90. The van der Waals surface area contributed by atoms with Crippen LogP contribution < -0.4 is 5.32 Å². The maximum atomic E-state index is 13.4. The number of carbonyl (C=O) groups excluding carboxylic acids is 1. The number of aryl methyl sites for hydroxylation is 4. The molecule has 8 nitrogen and oxygen atoms in total. The predicted molar refractivity (Wildman–Crippen MR) is 123 cm³/mol. The number of hydrogen-bond acceptors (Lipinski definition) is 7. The van der Waals surface area contributed by atoms with Crippen molar-refractivity contribution in [3.8, 4) is 10.7 Å². The van der Waals surface area contributed by atoms with Gasteiger partial charge in [0.25, 0.3) is 0 Å². The Morgan fingerprint density at radius 2 is 1.94 bits per heavy atom. The van der Waals surface area contributed by atoms with Crippen molar-refractivity contribution in [2.75, 3.05) is 18.4 Å². The number of nitrogens with one attached hydrogen (secondary N) is 1. The summed E-state index contributed by atoms with van der Waals surface area (Å²) in [4.78, 5) is 18.7. The van der Waals surface area contributed by atoms with Gasteiger partial charge in [-0.1, -0.05) is 23.4 Å². The summed E-state index contributed by atoms with van der Waals surface area (Å²) in [5, 5.41) is 6.90. The molecule has 3 aromatic rings. The molecule has 1 amide bonds. The number of para-hydroxylation sites is 1. The Balaban J connectivity index is 1.54. The Labute approximate surface area is 191 Å². The fourth-order valence-corrected chi connectivity index (χ4v) is 6.99. The third-order valence-electron chi connectivity index (χ3n) is 5.72. The van der Waals surface area contributed by atoms with E-state index in [9.17, 15) is 13.2 Å². The second kappa shape index (κ2) is 8.76. The molecule has 4 rings (SSSR count). The van der Waals surface area contributed by atoms with Crippen LogP contribution in [0.4, 0.5) is 5.69 Å². The van der Waals surface area contributed by atoms with Crippen LogP contribution in [-0.4, -0.2) is 41.9 Å². The normalized spacial score (nSPS) is 17.4. The van der Waals surface area contributed by atoms with Crippen LogP contribution >= 0.6 is 11.3 Å². The van der Waals surface area contributed by atoms with Gasteiger partial charge in [-0.15, -0.1) is 11.3 Å². The van der Waals surface area contributed by atoms with E-state index in [0.29, 0.717) is 40.9 Å². The smallest absolute Gasteiger partial charge is 0.244 e. The molecule has 32 heavy (non-hydrogen) atoms. The molecule has 2 aromatic heterocycles. The van der Waals surface area contributed by atoms with Gasteiger partial charge in [0.15, 0.2) is 0 Å². The van der Waals surface area contributed by atoms with Gasteiger partial charge in [0, 0.05) is 30.6 Å². The number of carbonyl (C=O) groups is 1. The van der Waals surface area contributed by atoms with Crippen molar-refractivity contribution in [3.05, 3.63) is 46.2 Å². The van der Waals surface area contributed by atoms with E-state index in [4.69, 9.17) is 4.52 Å². The minimum absolute atomic E-state index is 0.146. The van der Waals surface area contributed by atoms with E-state index in [2.05, 4.69) is 15.5 Å². The van der Waals surface area contributed by atoms with Crippen molar-refractivity contribution in [1.82, 2.24) is 14.4 Å². The molecule has 0 saturated carbocycles. The van der Waals surface area contributed by atoms with Crippen LogP contribution in [0.15, 0.2) is 33.7 Å². The van der Waals surface area contributed by atoms with E-state index < -0.39 is 15.9 Å². The van der Waals surface area contributed by atoms with E-state index in [1.54, 1.807) is 19.9 Å². The van der Waals surface area contributed by atoms with E-state index in [0.717, 1.165) is 16.8 Å². The van der Waals surface area contributed by atoms with Gasteiger partial charge in [-0.25, -0.2) is 8.42 Å². The van der Waals surface area contributed by atoms with Crippen molar-refractivity contribution in [2.24, 2.45) is 5.92 Å². The minimum atomic E-state index is -3.75. The Kier molecular flexibility index (Phi) is 6.19. The number of hydrogen-bond donors (Lipinski definition) is 1. The highest BCUT2D eigenvalue weighted by Gasteiger charge is 2.35. The van der Waals surface area contributed by atoms with Gasteiger partial charge in [-0.2, -0.15) is 9.29 Å². The summed E-state index contributed by atoms with van der Waals surface area (Å²) >= 11 is 1.31. The molecule has 1 aromatic carbocycles. The molecule has 0 bridgehead atoms. The zero-order valence-electron chi connectivity index (χ0n) is 18.5. The fraction of sp³-hybridized carbons (Fsp3) is 0.409. The largest absolute Gasteiger partial charge is 0.339 e. The summed E-state index contributed by atoms with van der Waals surface area (Å²) in [7, 11) is -3.75. The van der Waals surface area contributed by atoms with Crippen molar-refractivity contribution in [1.29, 1.82) is 0 Å². The summed E-state index contributed by atoms with van der Waals surface area (Å²) in [5.41, 5.74) is 2.76. The first-order valence-corrected chi connectivity index (χ1v) is 12.7. The molecule has 170 valence electrons. The third kappa shape index (κ3) is 4.35. The molecule has 10 heteroatoms. The van der Waals surface area contributed by atoms with Crippen LogP contribution in [0.2, 0.25) is 0 Å². The lowest BCUT2D eigenvalue weighted by molar-refractivity contribution is -0.120. The Hall–Kier alpha value is -2.56. The number of anilines is 1. The van der Waals surface area contributed by atoms with Crippen LogP contribution in [-0.2, 0) is 14.8 Å². The molecule has 1 atom stereocenters. The van der Waals surface area contributed by atoms with Gasteiger partial charge in [-0.3, -0.25) is 4.79 Å². The first-order chi connectivity index (χ1) is 15.2. The van der Waals surface area contributed by atoms with Gasteiger partial charge in [0.2, 0.25) is 27.6 Å². The van der Waals surface area contributed by atoms with Gasteiger partial charge < -0.3 is 9.84 Å². The second-order valence-electron chi connectivity index (χ2n) is 8.13. The molecule has 1 fully saturated rings. The highest BCUT2D eigenvalue weighted by molar-refractivity contribution is 7.89. The van der Waals surface area contributed by atoms with Gasteiger partial charge >= 0.3 is 0 Å². The number of nitrogens with zero attached hydrogens (tertiary/aromatic N) is 3. The second-order valence-corrected chi connectivity index (χ2v) is 11.3. The Morgan fingerprint density at radius 3 is 2.59 bits per heavy atom. The lowest BCUT2D eigenvalue weighted by Crippen LogP contribution is -2.43. The van der Waals surface area contributed by atoms with Crippen molar-refractivity contribution in [3.63, 3.8) is 0 Å². The van der Waals surface area contributed by atoms with Gasteiger partial charge in [0.1, 0.15) is 0 Å². The monoisotopic (exact) mass is 474 g/mol. The van der Waals surface area contributed by atoms with Crippen LogP contribution in [0.1, 0.15) is 34.7 Å². The van der Waals surface area contributed by atoms with Gasteiger partial charge in [-0.05, 0) is 50.8 Å². The van der Waals surface area contributed by atoms with Gasteiger partial charge in [0.05, 0.1) is 15.7 Å². The molecule has 3 heterocycles. The maximum absolute atomic E-state index is 13.4. The highest BCUT2D eigenvalue weighted by atomic mass is 32.2. The molecule has 0 unspecified atom stereocenters. The molecule has 0 radical (unpaired) electrons. The standard InChI is InChI=1S/C22H26N4O4S2/c1-13-7-5-8-14(2)20(13)24-22(27)17-9-6-10-26(12-17)32(28,29)19-11-18(31-15(19)3)21-23-16(4)30-25-21/h5,7-8,11,17H,6,9-10,12H2,1-4H3,(H,24,27)/t17-/m0/s1. The van der Waals surface area contributed by atoms with E-state index in [1.807, 2.05) is 32.0 Å². The molecule has 0 aliphatic carbocycles. The summed E-state index contributed by atoms with van der Waals surface area (Å²) < 4.78 is 33.3. The Morgan fingerprint density at radius 1 is 1.22 bits per heavy atom. The maximum Gasteiger partial charge on any atom is 0.244 e. The molecule has 1 saturated heterocycles. The summed E-state index contributed by atoms with van der Waals surface area (Å²) in [6, 6.07) is 7.44. The minimum Gasteiger partial charge on any atom is -0.339 e. The van der Waals surface area contributed by atoms with Crippen LogP contribution in [0, 0.1) is 33.6 Å². The molecule has 1 N–H and O–H groups in total. The van der Waals surface area contributed by atoms with E-state index >= 15 is 0 Å². The SMILES string of the molecule is Cc1nc(-c2cc(S(=O)(=O)N3CCC[C@H](C(=O)Nc4c(C)cccc4C)C3)c(C)s2)no1. The number of amides is 1. The quantitative estimate of drug-likeness (QED) is 0.598. The van der Waals surface area contributed by atoms with E-state index in [1.165, 1.54) is 15.6 Å². The molecular formula is C22H26N4O4S2. The third-order valence-corrected chi connectivity index (χ3v) is 8.89. The molecule has 1 aliphatic rings. The van der Waals surface area contributed by atoms with Crippen molar-refractivity contribution < 1.29 is 17.7 Å². The first-order valence-electron chi connectivity index (χ1n) is 10.4. The van der Waals surface area contributed by atoms with Crippen LogP contribution in [0.25, 0.3) is 10.7 Å². The average Bonchev–Trinajstić information content (AvgIpc) is 3.36. The zero-order chi connectivity index (χ0) is 23.0. The number of piperidine rings is 1. The number of sulfonamides is 1. The van der Waals surface area contributed by atoms with Crippen LogP contribution in [0.3, 0.4) is 0 Å². The lowest BCUT2D eigenvalue weighted by Gasteiger charge is -2.31. The number of aromatic nitrogens is 2. The fourth-order valence-electron chi connectivity index (χ4n) is 3.98. The topological polar surface area (TPSA) is 105 Å². The number of benzene rings is 1. The highest BCUT2D eigenvalue weighted by Crippen LogP contribution is 2.35. The molecular weight excluding hydrogens is 448 g/mol. The summed E-state index contributed by atoms with van der Waals surface area (Å²) in [6.07, 6.45) is 1.28. The van der Waals surface area contributed by atoms with Crippen LogP contribution in [0.5, 0.6) is 0 Å². The van der Waals surface area contributed by atoms with E-state index in [-0.39, 0.29) is 17.3 Å². The lowest BCUT2D eigenvalue weighted by atomic mass is 9.98.